The molecule has 1 unspecified atom stereocenters. The molecule has 2 aromatic rings. The normalized spacial score (nSPS) is 16.7. The molecule has 1 aliphatic rings. The van der Waals surface area contributed by atoms with Crippen LogP contribution in [0.4, 0.5) is 26.3 Å². The van der Waals surface area contributed by atoms with Gasteiger partial charge in [-0.05, 0) is 42.7 Å². The van der Waals surface area contributed by atoms with Gasteiger partial charge in [-0.2, -0.15) is 26.3 Å². The van der Waals surface area contributed by atoms with Crippen molar-refractivity contribution >= 4 is 29.7 Å². The Morgan fingerprint density at radius 2 is 1.69 bits per heavy atom. The Hall–Kier alpha value is -3.15. The molecule has 12 heteroatoms. The first-order chi connectivity index (χ1) is 16.3. The summed E-state index contributed by atoms with van der Waals surface area (Å²) in [5.41, 5.74) is -4.70. The summed E-state index contributed by atoms with van der Waals surface area (Å²) < 4.78 is 88.9. The number of likely N-dealkylation sites (tertiary alicyclic amines) is 1. The van der Waals surface area contributed by atoms with Crippen LogP contribution in [0.5, 0.6) is 5.75 Å². The number of methoxy groups -OCH3 is 1. The number of ether oxygens (including phenoxy) is 1. The number of hydrogen-bond acceptors (Lipinski definition) is 4. The lowest BCUT2D eigenvalue weighted by molar-refractivity contribution is -0.163. The zero-order chi connectivity index (χ0) is 26.0. The monoisotopic (exact) mass is 519 g/mol. The molecule has 3 rings (SSSR count). The standard InChI is InChI=1S/C23H19F6NO4S/c1-34-15-6-2-3-7-16(15)35-17-10-8-13(19(22(24,25)26)20(17)23(27,28)29)9-11-18(31)30-12-4-5-14(30)21(32)33/h2-3,6-11,14H,4-5,12H2,1H3,(H,32,33). The number of benzene rings is 2. The molecule has 1 N–H and O–H groups in total. The van der Waals surface area contributed by atoms with Crippen molar-refractivity contribution in [2.45, 2.75) is 41.0 Å². The predicted molar refractivity (Wildman–Crippen MR) is 115 cm³/mol. The number of carboxylic acids is 1. The molecular formula is C23H19F6NO4S. The predicted octanol–water partition coefficient (Wildman–Crippen LogP) is 5.97. The number of amides is 1. The van der Waals surface area contributed by atoms with E-state index in [1.165, 1.54) is 25.3 Å². The van der Waals surface area contributed by atoms with Crippen LogP contribution < -0.4 is 4.74 Å². The number of nitrogens with zero attached hydrogens (tertiary/aromatic N) is 1. The highest BCUT2D eigenvalue weighted by molar-refractivity contribution is 7.99. The summed E-state index contributed by atoms with van der Waals surface area (Å²) in [7, 11) is 1.28. The SMILES string of the molecule is COc1ccccc1Sc1ccc(C=CC(=O)N2CCCC2C(=O)O)c(C(F)(F)F)c1C(F)(F)F. The van der Waals surface area contributed by atoms with E-state index in [1.807, 2.05) is 0 Å². The van der Waals surface area contributed by atoms with Crippen molar-refractivity contribution in [3.63, 3.8) is 0 Å². The minimum Gasteiger partial charge on any atom is -0.496 e. The fourth-order valence-electron chi connectivity index (χ4n) is 3.78. The van der Waals surface area contributed by atoms with E-state index < -0.39 is 51.9 Å². The molecule has 1 aliphatic heterocycles. The van der Waals surface area contributed by atoms with Gasteiger partial charge in [-0.1, -0.05) is 30.0 Å². The smallest absolute Gasteiger partial charge is 0.418 e. The number of rotatable bonds is 6. The second-order valence-corrected chi connectivity index (χ2v) is 8.60. The van der Waals surface area contributed by atoms with E-state index in [-0.39, 0.29) is 23.6 Å². The van der Waals surface area contributed by atoms with Crippen LogP contribution in [0.25, 0.3) is 6.08 Å². The summed E-state index contributed by atoms with van der Waals surface area (Å²) >= 11 is 0.470. The molecule has 2 aromatic carbocycles. The van der Waals surface area contributed by atoms with Crippen molar-refractivity contribution in [3.05, 3.63) is 59.2 Å². The Morgan fingerprint density at radius 3 is 2.29 bits per heavy atom. The molecule has 188 valence electrons. The molecule has 1 atom stereocenters. The number of carboxylic acid groups (broad SMARTS) is 1. The van der Waals surface area contributed by atoms with Gasteiger partial charge in [0.05, 0.1) is 23.1 Å². The molecular weight excluding hydrogens is 500 g/mol. The van der Waals surface area contributed by atoms with Crippen LogP contribution in [-0.2, 0) is 21.9 Å². The minimum absolute atomic E-state index is 0.0779. The van der Waals surface area contributed by atoms with Crippen molar-refractivity contribution in [3.8, 4) is 5.75 Å². The molecule has 1 heterocycles. The highest BCUT2D eigenvalue weighted by Gasteiger charge is 2.46. The lowest BCUT2D eigenvalue weighted by atomic mass is 9.99. The molecule has 35 heavy (non-hydrogen) atoms. The summed E-state index contributed by atoms with van der Waals surface area (Å²) in [5, 5.41) is 9.18. The van der Waals surface area contributed by atoms with Crippen LogP contribution >= 0.6 is 11.8 Å². The number of halogens is 6. The van der Waals surface area contributed by atoms with E-state index in [4.69, 9.17) is 4.74 Å². The van der Waals surface area contributed by atoms with Gasteiger partial charge in [0.25, 0.3) is 0 Å². The number of carbonyl (C=O) groups is 2. The Labute approximate surface area is 200 Å². The number of hydrogen-bond donors (Lipinski definition) is 1. The first kappa shape index (κ1) is 26.5. The first-order valence-corrected chi connectivity index (χ1v) is 11.0. The zero-order valence-electron chi connectivity index (χ0n) is 18.1. The van der Waals surface area contributed by atoms with Crippen LogP contribution in [0.1, 0.15) is 29.5 Å². The molecule has 0 aromatic heterocycles. The average molecular weight is 519 g/mol. The lowest BCUT2D eigenvalue weighted by Crippen LogP contribution is -2.39. The van der Waals surface area contributed by atoms with Gasteiger partial charge in [-0.25, -0.2) is 4.79 Å². The fourth-order valence-corrected chi connectivity index (χ4v) is 4.87. The minimum atomic E-state index is -5.40. The van der Waals surface area contributed by atoms with Crippen LogP contribution in [0.15, 0.2) is 52.3 Å². The van der Waals surface area contributed by atoms with Gasteiger partial charge < -0.3 is 14.7 Å². The third-order valence-electron chi connectivity index (χ3n) is 5.28. The summed E-state index contributed by atoms with van der Waals surface area (Å²) in [4.78, 5) is 24.1. The van der Waals surface area contributed by atoms with Crippen LogP contribution in [0, 0.1) is 0 Å². The maximum absolute atomic E-state index is 14.0. The quantitative estimate of drug-likeness (QED) is 0.376. The molecule has 0 radical (unpaired) electrons. The highest BCUT2D eigenvalue weighted by atomic mass is 32.2. The summed E-state index contributed by atoms with van der Waals surface area (Å²) in [6, 6.07) is 6.56. The largest absolute Gasteiger partial charge is 0.496 e. The van der Waals surface area contributed by atoms with Crippen LogP contribution in [0.2, 0.25) is 0 Å². The Kier molecular flexibility index (Phi) is 7.73. The average Bonchev–Trinajstić information content (AvgIpc) is 3.27. The van der Waals surface area contributed by atoms with E-state index in [2.05, 4.69) is 0 Å². The van der Waals surface area contributed by atoms with Crippen LogP contribution in [0.3, 0.4) is 0 Å². The maximum atomic E-state index is 14.0. The molecule has 5 nitrogen and oxygen atoms in total. The highest BCUT2D eigenvalue weighted by Crippen LogP contribution is 2.49. The van der Waals surface area contributed by atoms with E-state index in [0.29, 0.717) is 30.3 Å². The third-order valence-corrected chi connectivity index (χ3v) is 6.40. The van der Waals surface area contributed by atoms with E-state index in [1.54, 1.807) is 6.07 Å². The maximum Gasteiger partial charge on any atom is 0.418 e. The van der Waals surface area contributed by atoms with Gasteiger partial charge in [-0.15, -0.1) is 0 Å². The fraction of sp³-hybridized carbons (Fsp3) is 0.304. The van der Waals surface area contributed by atoms with Gasteiger partial charge >= 0.3 is 18.3 Å². The molecule has 1 saturated heterocycles. The topological polar surface area (TPSA) is 66.8 Å². The summed E-state index contributed by atoms with van der Waals surface area (Å²) in [6.45, 7) is 0.0779. The van der Waals surface area contributed by atoms with Crippen molar-refractivity contribution in [1.82, 2.24) is 4.90 Å². The molecule has 0 aliphatic carbocycles. The van der Waals surface area contributed by atoms with E-state index in [0.717, 1.165) is 17.0 Å². The first-order valence-electron chi connectivity index (χ1n) is 10.2. The van der Waals surface area contributed by atoms with Gasteiger partial charge in [-0.3, -0.25) is 4.79 Å². The number of carbonyl (C=O) groups excluding carboxylic acids is 1. The van der Waals surface area contributed by atoms with E-state index in [9.17, 15) is 41.0 Å². The number of aliphatic carboxylic acids is 1. The van der Waals surface area contributed by atoms with Gasteiger partial charge in [0.15, 0.2) is 0 Å². The molecule has 1 amide bonds. The Balaban J connectivity index is 2.09. The Morgan fingerprint density at radius 1 is 1.03 bits per heavy atom. The Bertz CT molecular complexity index is 1150. The lowest BCUT2D eigenvalue weighted by Gasteiger charge is -2.22. The molecule has 1 fully saturated rings. The second kappa shape index (κ2) is 10.2. The van der Waals surface area contributed by atoms with Crippen molar-refractivity contribution in [2.24, 2.45) is 0 Å². The van der Waals surface area contributed by atoms with Crippen molar-refractivity contribution in [1.29, 1.82) is 0 Å². The summed E-state index contributed by atoms with van der Waals surface area (Å²) in [6.07, 6.45) is -8.91. The zero-order valence-corrected chi connectivity index (χ0v) is 18.9. The molecule has 0 saturated carbocycles. The number of para-hydroxylation sites is 1. The van der Waals surface area contributed by atoms with Crippen LogP contribution in [-0.4, -0.2) is 41.6 Å². The molecule has 0 spiro atoms. The van der Waals surface area contributed by atoms with Gasteiger partial charge in [0, 0.05) is 17.5 Å². The van der Waals surface area contributed by atoms with Gasteiger partial charge in [0.2, 0.25) is 5.91 Å². The second-order valence-electron chi connectivity index (χ2n) is 7.51. The van der Waals surface area contributed by atoms with Gasteiger partial charge in [0.1, 0.15) is 11.8 Å². The summed E-state index contributed by atoms with van der Waals surface area (Å²) in [5.74, 6) is -1.98. The van der Waals surface area contributed by atoms with Crippen molar-refractivity contribution in [2.75, 3.05) is 13.7 Å². The number of alkyl halides is 6. The van der Waals surface area contributed by atoms with Crippen molar-refractivity contribution < 1.29 is 45.8 Å². The third kappa shape index (κ3) is 5.92. The van der Waals surface area contributed by atoms with E-state index >= 15 is 0 Å². The molecule has 0 bridgehead atoms.